The number of hydrogen-bond acceptors (Lipinski definition) is 1. The summed E-state index contributed by atoms with van der Waals surface area (Å²) in [7, 11) is 0. The van der Waals surface area contributed by atoms with E-state index in [4.69, 9.17) is 0 Å². The lowest BCUT2D eigenvalue weighted by molar-refractivity contribution is 1.25. The molecule has 3 aromatic heterocycles. The molecule has 11 heavy (non-hydrogen) atoms. The van der Waals surface area contributed by atoms with Crippen LogP contribution in [0.15, 0.2) is 36.7 Å². The molecule has 2 heteroatoms. The zero-order chi connectivity index (χ0) is 7.26. The zero-order valence-corrected chi connectivity index (χ0v) is 5.86. The summed E-state index contributed by atoms with van der Waals surface area (Å²) in [5.41, 5.74) is 3.59. The third-order valence-corrected chi connectivity index (χ3v) is 2.04. The van der Waals surface area contributed by atoms with Crippen LogP contribution in [0.1, 0.15) is 0 Å². The van der Waals surface area contributed by atoms with Crippen molar-refractivity contribution in [1.82, 2.24) is 9.38 Å². The average molecular weight is 142 g/mol. The van der Waals surface area contributed by atoms with Crippen LogP contribution in [0, 0.1) is 0 Å². The summed E-state index contributed by atoms with van der Waals surface area (Å²) in [4.78, 5) is 4.12. The van der Waals surface area contributed by atoms with Crippen molar-refractivity contribution >= 4 is 16.6 Å². The molecule has 0 saturated carbocycles. The Hall–Kier alpha value is -1.57. The first kappa shape index (κ1) is 5.13. The Labute approximate surface area is 63.4 Å². The molecule has 3 heterocycles. The van der Waals surface area contributed by atoms with Crippen LogP contribution >= 0.6 is 0 Å². The fraction of sp³-hybridized carbons (Fsp3) is 0. The molecule has 3 aromatic rings. The van der Waals surface area contributed by atoms with E-state index >= 15 is 0 Å². The lowest BCUT2D eigenvalue weighted by atomic mass is 10.4. The van der Waals surface area contributed by atoms with E-state index in [1.165, 1.54) is 16.6 Å². The topological polar surface area (TPSA) is 17.3 Å². The van der Waals surface area contributed by atoms with Crippen molar-refractivity contribution in [2.45, 2.75) is 0 Å². The first-order chi connectivity index (χ1) is 5.45. The summed E-state index contributed by atoms with van der Waals surface area (Å²) in [6.45, 7) is 0. The highest BCUT2D eigenvalue weighted by Crippen LogP contribution is 2.16. The predicted molar refractivity (Wildman–Crippen MR) is 43.9 cm³/mol. The molecule has 3 rings (SSSR count). The summed E-state index contributed by atoms with van der Waals surface area (Å²) >= 11 is 0. The van der Waals surface area contributed by atoms with Crippen LogP contribution in [0.5, 0.6) is 0 Å². The Morgan fingerprint density at radius 2 is 1.36 bits per heavy atom. The van der Waals surface area contributed by atoms with E-state index in [1.54, 1.807) is 0 Å². The van der Waals surface area contributed by atoms with Gasteiger partial charge in [0, 0.05) is 5.52 Å². The summed E-state index contributed by atoms with van der Waals surface area (Å²) < 4.78 is 2.19. The second-order valence-electron chi connectivity index (χ2n) is 2.68. The molecule has 2 nitrogen and oxygen atoms in total. The molecule has 0 amide bonds. The van der Waals surface area contributed by atoms with Gasteiger partial charge in [0.15, 0.2) is 0 Å². The molecule has 0 fully saturated rings. The lowest BCUT2D eigenvalue weighted by Gasteiger charge is -1.92. The third-order valence-electron chi connectivity index (χ3n) is 2.04. The highest BCUT2D eigenvalue weighted by Gasteiger charge is 2.00. The van der Waals surface area contributed by atoms with E-state index in [2.05, 4.69) is 33.7 Å². The van der Waals surface area contributed by atoms with E-state index in [1.807, 2.05) is 12.4 Å². The van der Waals surface area contributed by atoms with E-state index in [9.17, 15) is 0 Å². The van der Waals surface area contributed by atoms with Gasteiger partial charge < -0.3 is 4.40 Å². The van der Waals surface area contributed by atoms with Gasteiger partial charge >= 0.3 is 0 Å². The molecule has 0 aliphatic rings. The average Bonchev–Trinajstić information content (AvgIpc) is 2.60. The fourth-order valence-corrected chi connectivity index (χ4v) is 1.53. The zero-order valence-electron chi connectivity index (χ0n) is 5.86. The molecule has 0 unspecified atom stereocenters. The van der Waals surface area contributed by atoms with Crippen LogP contribution in [0.4, 0.5) is 0 Å². The monoisotopic (exact) mass is 142 g/mol. The maximum Gasteiger partial charge on any atom is 0.0645 e. The molecular formula is C9H6N2. The van der Waals surface area contributed by atoms with Gasteiger partial charge in [0.1, 0.15) is 0 Å². The molecule has 0 N–H and O–H groups in total. The van der Waals surface area contributed by atoms with Gasteiger partial charge in [-0.3, -0.25) is 4.98 Å². The van der Waals surface area contributed by atoms with E-state index in [-0.39, 0.29) is 0 Å². The molecule has 0 saturated heterocycles. The highest BCUT2D eigenvalue weighted by molar-refractivity contribution is 5.72. The smallest absolute Gasteiger partial charge is 0.0645 e. The lowest BCUT2D eigenvalue weighted by Crippen LogP contribution is -1.81. The van der Waals surface area contributed by atoms with Gasteiger partial charge in [-0.2, -0.15) is 0 Å². The molecular weight excluding hydrogens is 136 g/mol. The molecule has 0 aliphatic carbocycles. The standard InChI is InChI=1S/C9H6N2/c1-3-8-5-10-6-9-4-2-7(1)11(8)9/h1-6H. The molecule has 0 aliphatic heterocycles. The second kappa shape index (κ2) is 1.53. The minimum absolute atomic E-state index is 1.17. The van der Waals surface area contributed by atoms with Gasteiger partial charge in [-0.25, -0.2) is 0 Å². The van der Waals surface area contributed by atoms with Gasteiger partial charge in [0.2, 0.25) is 0 Å². The predicted octanol–water partition coefficient (Wildman–Crippen LogP) is 1.93. The Bertz CT molecular complexity index is 444. The minimum atomic E-state index is 1.17. The Balaban J connectivity index is 2.83. The van der Waals surface area contributed by atoms with E-state index in [0.717, 1.165) is 0 Å². The van der Waals surface area contributed by atoms with Crippen LogP contribution in [-0.4, -0.2) is 9.38 Å². The normalized spacial score (nSPS) is 11.6. The van der Waals surface area contributed by atoms with Crippen molar-refractivity contribution in [1.29, 1.82) is 0 Å². The van der Waals surface area contributed by atoms with E-state index in [0.29, 0.717) is 0 Å². The molecule has 0 radical (unpaired) electrons. The number of hydrogen-bond donors (Lipinski definition) is 0. The quantitative estimate of drug-likeness (QED) is 0.468. The third kappa shape index (κ3) is 0.499. The molecule has 0 bridgehead atoms. The molecule has 0 atom stereocenters. The largest absolute Gasteiger partial charge is 0.307 e. The van der Waals surface area contributed by atoms with Gasteiger partial charge in [0.25, 0.3) is 0 Å². The van der Waals surface area contributed by atoms with Gasteiger partial charge in [-0.15, -0.1) is 0 Å². The fourth-order valence-electron chi connectivity index (χ4n) is 1.53. The molecule has 0 aromatic carbocycles. The number of aromatic nitrogens is 2. The Morgan fingerprint density at radius 3 is 2.00 bits per heavy atom. The Kier molecular flexibility index (Phi) is 0.714. The molecule has 0 spiro atoms. The summed E-state index contributed by atoms with van der Waals surface area (Å²) in [6, 6.07) is 8.36. The summed E-state index contributed by atoms with van der Waals surface area (Å²) in [5, 5.41) is 0. The highest BCUT2D eigenvalue weighted by atomic mass is 14.9. The van der Waals surface area contributed by atoms with Crippen LogP contribution in [-0.2, 0) is 0 Å². The SMILES string of the molecule is c1cc2cncc3ccc1n23. The van der Waals surface area contributed by atoms with Crippen molar-refractivity contribution < 1.29 is 0 Å². The second-order valence-corrected chi connectivity index (χ2v) is 2.68. The van der Waals surface area contributed by atoms with Crippen molar-refractivity contribution in [2.75, 3.05) is 0 Å². The molecule has 52 valence electrons. The summed E-state index contributed by atoms with van der Waals surface area (Å²) in [6.07, 6.45) is 3.75. The van der Waals surface area contributed by atoms with Crippen LogP contribution in [0.25, 0.3) is 16.6 Å². The summed E-state index contributed by atoms with van der Waals surface area (Å²) in [5.74, 6) is 0. The Morgan fingerprint density at radius 1 is 0.818 bits per heavy atom. The van der Waals surface area contributed by atoms with Gasteiger partial charge in [-0.1, -0.05) is 0 Å². The van der Waals surface area contributed by atoms with Crippen LogP contribution in [0.3, 0.4) is 0 Å². The maximum absolute atomic E-state index is 4.12. The minimum Gasteiger partial charge on any atom is -0.307 e. The van der Waals surface area contributed by atoms with Crippen molar-refractivity contribution in [3.05, 3.63) is 36.7 Å². The first-order valence-corrected chi connectivity index (χ1v) is 3.59. The van der Waals surface area contributed by atoms with E-state index < -0.39 is 0 Å². The van der Waals surface area contributed by atoms with Crippen molar-refractivity contribution in [3.63, 3.8) is 0 Å². The van der Waals surface area contributed by atoms with Gasteiger partial charge in [0.05, 0.1) is 23.4 Å². The first-order valence-electron chi connectivity index (χ1n) is 3.59. The number of rotatable bonds is 0. The van der Waals surface area contributed by atoms with Crippen LogP contribution < -0.4 is 0 Å². The van der Waals surface area contributed by atoms with Crippen LogP contribution in [0.2, 0.25) is 0 Å². The van der Waals surface area contributed by atoms with Gasteiger partial charge in [-0.05, 0) is 24.3 Å². The number of nitrogens with zero attached hydrogens (tertiary/aromatic N) is 2. The maximum atomic E-state index is 4.12. The van der Waals surface area contributed by atoms with Crippen molar-refractivity contribution in [3.8, 4) is 0 Å². The van der Waals surface area contributed by atoms with Crippen molar-refractivity contribution in [2.24, 2.45) is 0 Å².